The summed E-state index contributed by atoms with van der Waals surface area (Å²) in [5.41, 5.74) is 1.18. The van der Waals surface area contributed by atoms with Gasteiger partial charge >= 0.3 is 5.97 Å². The number of aromatic hydroxyl groups is 1. The number of aromatic nitrogens is 1. The van der Waals surface area contributed by atoms with Gasteiger partial charge in [-0.15, -0.1) is 11.3 Å². The third kappa shape index (κ3) is 4.22. The second-order valence-electron chi connectivity index (χ2n) is 5.43. The van der Waals surface area contributed by atoms with Gasteiger partial charge in [0.05, 0.1) is 12.3 Å². The van der Waals surface area contributed by atoms with Crippen LogP contribution in [0.4, 0.5) is 20.9 Å². The van der Waals surface area contributed by atoms with Gasteiger partial charge in [0.25, 0.3) is 0 Å². The lowest BCUT2D eigenvalue weighted by atomic mass is 10.1. The summed E-state index contributed by atoms with van der Waals surface area (Å²) in [5, 5.41) is 26.6. The lowest BCUT2D eigenvalue weighted by Gasteiger charge is -2.09. The molecule has 3 aromatic rings. The Hall–Kier alpha value is -3.55. The van der Waals surface area contributed by atoms with Crippen LogP contribution in [0, 0.1) is 12.4 Å². The van der Waals surface area contributed by atoms with Crippen LogP contribution in [-0.2, 0) is 0 Å². The predicted octanol–water partition coefficient (Wildman–Crippen LogP) is 4.71. The molecule has 0 aliphatic rings. The van der Waals surface area contributed by atoms with Crippen LogP contribution in [0.5, 0.6) is 5.75 Å². The van der Waals surface area contributed by atoms with Gasteiger partial charge in [0.2, 0.25) is 5.69 Å². The molecule has 0 aliphatic heterocycles. The molecule has 0 unspecified atom stereocenters. The minimum absolute atomic E-state index is 0.0557. The standard InChI is InChI=1S/C18H11FN4O3S2/c1-20-13-5-2-9(6-12(13)19)14-8-28-18(22-14)23-17(27)21-10-3-4-11(16(25)26)15(24)7-10/h2-8,24H,(H,25,26)(H2,21,22,23,27). The molecule has 0 saturated heterocycles. The second-order valence-corrected chi connectivity index (χ2v) is 6.70. The van der Waals surface area contributed by atoms with E-state index in [1.165, 1.54) is 41.7 Å². The van der Waals surface area contributed by atoms with Crippen molar-refractivity contribution in [1.29, 1.82) is 0 Å². The molecule has 28 heavy (non-hydrogen) atoms. The summed E-state index contributed by atoms with van der Waals surface area (Å²) >= 11 is 6.43. The average molecular weight is 414 g/mol. The smallest absolute Gasteiger partial charge is 0.339 e. The fourth-order valence-electron chi connectivity index (χ4n) is 2.27. The first kappa shape index (κ1) is 19.2. The van der Waals surface area contributed by atoms with Crippen LogP contribution in [0.2, 0.25) is 0 Å². The molecule has 0 fully saturated rings. The van der Waals surface area contributed by atoms with E-state index < -0.39 is 11.8 Å². The van der Waals surface area contributed by atoms with E-state index in [9.17, 15) is 14.3 Å². The summed E-state index contributed by atoms with van der Waals surface area (Å²) < 4.78 is 13.8. The van der Waals surface area contributed by atoms with Gasteiger partial charge in [0, 0.05) is 22.7 Å². The van der Waals surface area contributed by atoms with E-state index in [2.05, 4.69) is 20.5 Å². The number of nitrogens with zero attached hydrogens (tertiary/aromatic N) is 2. The Bertz CT molecular complexity index is 1120. The molecule has 1 heterocycles. The average Bonchev–Trinajstić information content (AvgIpc) is 3.09. The maximum atomic E-state index is 13.8. The zero-order chi connectivity index (χ0) is 20.3. The first-order valence-corrected chi connectivity index (χ1v) is 8.93. The van der Waals surface area contributed by atoms with Gasteiger partial charge in [-0.25, -0.2) is 19.0 Å². The second kappa shape index (κ2) is 7.99. The van der Waals surface area contributed by atoms with E-state index in [4.69, 9.17) is 23.9 Å². The van der Waals surface area contributed by atoms with Gasteiger partial charge in [-0.1, -0.05) is 12.1 Å². The molecule has 0 atom stereocenters. The maximum absolute atomic E-state index is 13.8. The van der Waals surface area contributed by atoms with E-state index in [1.807, 2.05) is 0 Å². The number of rotatable bonds is 4. The topological polar surface area (TPSA) is 98.8 Å². The number of hydrogen-bond donors (Lipinski definition) is 4. The number of carboxylic acids is 1. The minimum Gasteiger partial charge on any atom is -0.507 e. The molecule has 0 spiro atoms. The number of carbonyl (C=O) groups is 1. The van der Waals surface area contributed by atoms with Crippen LogP contribution in [0.25, 0.3) is 16.1 Å². The molecule has 3 rings (SSSR count). The van der Waals surface area contributed by atoms with Gasteiger partial charge in [0.1, 0.15) is 17.1 Å². The van der Waals surface area contributed by atoms with Crippen LogP contribution in [0.1, 0.15) is 10.4 Å². The molecular weight excluding hydrogens is 403 g/mol. The summed E-state index contributed by atoms with van der Waals surface area (Å²) in [4.78, 5) is 18.3. The SMILES string of the molecule is [C-]#[N+]c1ccc(-c2csc(NC(=S)Nc3ccc(C(=O)O)c(O)c3)n2)cc1F. The Morgan fingerprint density at radius 3 is 2.68 bits per heavy atom. The summed E-state index contributed by atoms with van der Waals surface area (Å²) in [7, 11) is 0. The maximum Gasteiger partial charge on any atom is 0.339 e. The highest BCUT2D eigenvalue weighted by atomic mass is 32.1. The highest BCUT2D eigenvalue weighted by molar-refractivity contribution is 7.80. The number of anilines is 2. The Kier molecular flexibility index (Phi) is 5.49. The number of carboxylic acid groups (broad SMARTS) is 1. The van der Waals surface area contributed by atoms with Crippen molar-refractivity contribution in [2.24, 2.45) is 0 Å². The van der Waals surface area contributed by atoms with Crippen molar-refractivity contribution in [2.45, 2.75) is 0 Å². The molecule has 0 bridgehead atoms. The van der Waals surface area contributed by atoms with Gasteiger partial charge < -0.3 is 20.8 Å². The Labute approximate surface area is 167 Å². The van der Waals surface area contributed by atoms with Crippen molar-refractivity contribution in [2.75, 3.05) is 10.6 Å². The Morgan fingerprint density at radius 2 is 2.04 bits per heavy atom. The number of nitrogens with one attached hydrogen (secondary N) is 2. The number of benzene rings is 2. The third-order valence-electron chi connectivity index (χ3n) is 3.57. The van der Waals surface area contributed by atoms with Crippen LogP contribution in [0.3, 0.4) is 0 Å². The molecule has 1 aromatic heterocycles. The zero-order valence-corrected chi connectivity index (χ0v) is 15.6. The number of phenols is 1. The first-order chi connectivity index (χ1) is 13.4. The fourth-order valence-corrected chi connectivity index (χ4v) is 3.27. The quantitative estimate of drug-likeness (QED) is 0.362. The molecule has 2 aromatic carbocycles. The fraction of sp³-hybridized carbons (Fsp3) is 0. The van der Waals surface area contributed by atoms with E-state index in [-0.39, 0.29) is 22.1 Å². The predicted molar refractivity (Wildman–Crippen MR) is 109 cm³/mol. The number of thiazole rings is 1. The molecule has 0 amide bonds. The molecule has 140 valence electrons. The Balaban J connectivity index is 1.69. The number of halogens is 1. The van der Waals surface area contributed by atoms with E-state index in [0.717, 1.165) is 0 Å². The van der Waals surface area contributed by atoms with Crippen molar-refractivity contribution in [3.8, 4) is 17.0 Å². The third-order valence-corrected chi connectivity index (χ3v) is 4.54. The molecule has 10 heteroatoms. The highest BCUT2D eigenvalue weighted by Gasteiger charge is 2.12. The zero-order valence-electron chi connectivity index (χ0n) is 13.9. The lowest BCUT2D eigenvalue weighted by Crippen LogP contribution is -2.19. The van der Waals surface area contributed by atoms with Gasteiger partial charge in [-0.2, -0.15) is 0 Å². The van der Waals surface area contributed by atoms with Gasteiger partial charge in [0.15, 0.2) is 10.2 Å². The van der Waals surface area contributed by atoms with E-state index in [1.54, 1.807) is 11.4 Å². The van der Waals surface area contributed by atoms with Crippen LogP contribution in [0.15, 0.2) is 41.8 Å². The van der Waals surface area contributed by atoms with Crippen LogP contribution in [-0.4, -0.2) is 26.3 Å². The monoisotopic (exact) mass is 414 g/mol. The lowest BCUT2D eigenvalue weighted by molar-refractivity contribution is 0.0694. The van der Waals surface area contributed by atoms with Crippen LogP contribution < -0.4 is 10.6 Å². The first-order valence-electron chi connectivity index (χ1n) is 7.64. The molecule has 0 saturated carbocycles. The molecule has 0 radical (unpaired) electrons. The van der Waals surface area contributed by atoms with Crippen LogP contribution >= 0.6 is 23.6 Å². The van der Waals surface area contributed by atoms with E-state index >= 15 is 0 Å². The van der Waals surface area contributed by atoms with E-state index in [0.29, 0.717) is 22.1 Å². The minimum atomic E-state index is -1.24. The number of aromatic carboxylic acids is 1. The van der Waals surface area contributed by atoms with Gasteiger partial charge in [-0.3, -0.25) is 0 Å². The number of hydrogen-bond acceptors (Lipinski definition) is 5. The molecule has 0 aliphatic carbocycles. The van der Waals surface area contributed by atoms with Crippen molar-refractivity contribution < 1.29 is 19.4 Å². The van der Waals surface area contributed by atoms with Gasteiger partial charge in [-0.05, 0) is 30.4 Å². The summed E-state index contributed by atoms with van der Waals surface area (Å²) in [5.74, 6) is -2.24. The molecular formula is C18H11FN4O3S2. The largest absolute Gasteiger partial charge is 0.507 e. The summed E-state index contributed by atoms with van der Waals surface area (Å²) in [6.45, 7) is 6.87. The summed E-state index contributed by atoms with van der Waals surface area (Å²) in [6.07, 6.45) is 0. The Morgan fingerprint density at radius 1 is 1.25 bits per heavy atom. The number of thiocarbonyl (C=S) groups is 1. The van der Waals surface area contributed by atoms with Crippen molar-refractivity contribution in [3.63, 3.8) is 0 Å². The molecule has 7 nitrogen and oxygen atoms in total. The highest BCUT2D eigenvalue weighted by Crippen LogP contribution is 2.29. The summed E-state index contributed by atoms with van der Waals surface area (Å²) in [6, 6.07) is 8.21. The van der Waals surface area contributed by atoms with Crippen molar-refractivity contribution >= 4 is 51.1 Å². The van der Waals surface area contributed by atoms with Crippen molar-refractivity contribution in [3.05, 3.63) is 64.6 Å². The van der Waals surface area contributed by atoms with Crippen molar-refractivity contribution in [1.82, 2.24) is 4.98 Å². The normalized spacial score (nSPS) is 10.1. The molecule has 4 N–H and O–H groups in total.